The largest absolute Gasteiger partial charge is 0.365 e. The third-order valence-corrected chi connectivity index (χ3v) is 7.63. The van der Waals surface area contributed by atoms with Gasteiger partial charge >= 0.3 is 0 Å². The van der Waals surface area contributed by atoms with Crippen LogP contribution in [0.2, 0.25) is 0 Å². The Kier molecular flexibility index (Phi) is 6.44. The molecule has 3 aromatic rings. The summed E-state index contributed by atoms with van der Waals surface area (Å²) in [5.41, 5.74) is 5.45. The highest BCUT2D eigenvalue weighted by atomic mass is 32.2. The van der Waals surface area contributed by atoms with Crippen molar-refractivity contribution in [1.29, 1.82) is 0 Å². The van der Waals surface area contributed by atoms with Crippen LogP contribution < -0.4 is 4.90 Å². The third-order valence-electron chi connectivity index (χ3n) is 5.44. The summed E-state index contributed by atoms with van der Waals surface area (Å²) < 4.78 is 1.05. The van der Waals surface area contributed by atoms with E-state index in [0.717, 1.165) is 46.5 Å². The molecular formula is C24H27N3OS2. The maximum Gasteiger partial charge on any atom is 0.254 e. The van der Waals surface area contributed by atoms with Gasteiger partial charge in [0.25, 0.3) is 5.91 Å². The summed E-state index contributed by atoms with van der Waals surface area (Å²) in [5, 5.41) is 2.06. The third kappa shape index (κ3) is 4.71. The fraction of sp³-hybridized carbons (Fsp3) is 0.333. The molecule has 2 aromatic carbocycles. The smallest absolute Gasteiger partial charge is 0.254 e. The zero-order valence-corrected chi connectivity index (χ0v) is 19.3. The fourth-order valence-corrected chi connectivity index (χ4v) is 5.75. The predicted octanol–water partition coefficient (Wildman–Crippen LogP) is 5.40. The number of piperazine rings is 1. The van der Waals surface area contributed by atoms with Gasteiger partial charge in [0.1, 0.15) is 4.34 Å². The maximum absolute atomic E-state index is 13.4. The van der Waals surface area contributed by atoms with E-state index in [-0.39, 0.29) is 11.9 Å². The minimum absolute atomic E-state index is 0.136. The fourth-order valence-electron chi connectivity index (χ4n) is 3.90. The monoisotopic (exact) mass is 437 g/mol. The molecule has 1 fully saturated rings. The molecule has 1 unspecified atom stereocenters. The Morgan fingerprint density at radius 3 is 2.73 bits per heavy atom. The molecule has 2 heterocycles. The number of nitrogens with zero attached hydrogens (tertiary/aromatic N) is 3. The number of carbonyl (C=O) groups excluding carboxylic acids is 1. The molecule has 0 bridgehead atoms. The van der Waals surface area contributed by atoms with Gasteiger partial charge in [0.15, 0.2) is 0 Å². The summed E-state index contributed by atoms with van der Waals surface area (Å²) in [6.45, 7) is 8.66. The van der Waals surface area contributed by atoms with E-state index in [4.69, 9.17) is 0 Å². The van der Waals surface area contributed by atoms with Crippen LogP contribution in [0.15, 0.2) is 58.3 Å². The number of hydrogen-bond donors (Lipinski definition) is 0. The highest BCUT2D eigenvalue weighted by molar-refractivity contribution is 8.00. The number of amides is 1. The van der Waals surface area contributed by atoms with E-state index in [1.165, 1.54) is 11.3 Å². The number of aryl methyl sites for hydroxylation is 2. The molecule has 1 saturated heterocycles. The molecule has 1 amide bonds. The van der Waals surface area contributed by atoms with Crippen LogP contribution in [0, 0.1) is 13.8 Å². The average molecular weight is 438 g/mol. The molecule has 4 nitrogen and oxygen atoms in total. The quantitative estimate of drug-likeness (QED) is 0.501. The first-order chi connectivity index (χ1) is 14.5. The topological polar surface area (TPSA) is 36.4 Å². The van der Waals surface area contributed by atoms with E-state index in [1.54, 1.807) is 23.1 Å². The first-order valence-corrected chi connectivity index (χ1v) is 12.1. The minimum atomic E-state index is 0.136. The first kappa shape index (κ1) is 20.9. The normalized spacial score (nSPS) is 16.7. The van der Waals surface area contributed by atoms with Crippen molar-refractivity contribution in [2.45, 2.75) is 36.9 Å². The van der Waals surface area contributed by atoms with Crippen molar-refractivity contribution in [2.75, 3.05) is 24.5 Å². The summed E-state index contributed by atoms with van der Waals surface area (Å²) in [6, 6.07) is 16.9. The average Bonchev–Trinajstić information content (AvgIpc) is 3.17. The van der Waals surface area contributed by atoms with Crippen LogP contribution >= 0.6 is 23.1 Å². The summed E-state index contributed by atoms with van der Waals surface area (Å²) >= 11 is 3.36. The lowest BCUT2D eigenvalue weighted by molar-refractivity contribution is 0.0725. The highest BCUT2D eigenvalue weighted by Gasteiger charge is 2.28. The molecule has 1 aliphatic heterocycles. The lowest BCUT2D eigenvalue weighted by Gasteiger charge is -2.41. The van der Waals surface area contributed by atoms with Crippen molar-refractivity contribution < 1.29 is 4.79 Å². The van der Waals surface area contributed by atoms with Gasteiger partial charge in [-0.05, 0) is 50.1 Å². The van der Waals surface area contributed by atoms with Gasteiger partial charge in [-0.2, -0.15) is 0 Å². The molecule has 1 atom stereocenters. The van der Waals surface area contributed by atoms with Crippen molar-refractivity contribution in [3.8, 4) is 0 Å². The molecule has 0 N–H and O–H groups in total. The van der Waals surface area contributed by atoms with Crippen LogP contribution in [-0.2, 0) is 5.75 Å². The predicted molar refractivity (Wildman–Crippen MR) is 127 cm³/mol. The van der Waals surface area contributed by atoms with Crippen LogP contribution in [0.5, 0.6) is 0 Å². The Balaban J connectivity index is 1.45. The SMILES string of the molecule is Cc1cccc(N2CCN(C(=O)c3ccccc3CSc3nc(C)cs3)CC2C)c1. The molecule has 0 aliphatic carbocycles. The molecule has 1 aliphatic rings. The number of benzene rings is 2. The molecular weight excluding hydrogens is 410 g/mol. The zero-order valence-electron chi connectivity index (χ0n) is 17.7. The van der Waals surface area contributed by atoms with Crippen molar-refractivity contribution in [1.82, 2.24) is 9.88 Å². The van der Waals surface area contributed by atoms with Crippen molar-refractivity contribution in [2.24, 2.45) is 0 Å². The van der Waals surface area contributed by atoms with Crippen molar-refractivity contribution >= 4 is 34.7 Å². The summed E-state index contributed by atoms with van der Waals surface area (Å²) in [5.74, 6) is 0.894. The number of carbonyl (C=O) groups is 1. The van der Waals surface area contributed by atoms with E-state index in [1.807, 2.05) is 30.0 Å². The number of thiazole rings is 1. The van der Waals surface area contributed by atoms with E-state index in [0.29, 0.717) is 0 Å². The Bertz CT molecular complexity index is 1030. The zero-order chi connectivity index (χ0) is 21.1. The second-order valence-electron chi connectivity index (χ2n) is 7.83. The summed E-state index contributed by atoms with van der Waals surface area (Å²) in [7, 11) is 0. The van der Waals surface area contributed by atoms with Gasteiger partial charge in [-0.15, -0.1) is 11.3 Å². The van der Waals surface area contributed by atoms with Gasteiger partial charge in [-0.3, -0.25) is 4.79 Å². The van der Waals surface area contributed by atoms with Crippen LogP contribution in [0.1, 0.15) is 34.1 Å². The van der Waals surface area contributed by atoms with E-state index in [2.05, 4.69) is 59.4 Å². The van der Waals surface area contributed by atoms with E-state index < -0.39 is 0 Å². The van der Waals surface area contributed by atoms with Crippen LogP contribution in [0.4, 0.5) is 5.69 Å². The number of anilines is 1. The van der Waals surface area contributed by atoms with Crippen LogP contribution in [-0.4, -0.2) is 41.5 Å². The van der Waals surface area contributed by atoms with E-state index >= 15 is 0 Å². The molecule has 4 rings (SSSR count). The maximum atomic E-state index is 13.4. The molecule has 0 saturated carbocycles. The molecule has 0 spiro atoms. The number of aromatic nitrogens is 1. The summed E-state index contributed by atoms with van der Waals surface area (Å²) in [6.07, 6.45) is 0. The van der Waals surface area contributed by atoms with Gasteiger partial charge in [-0.1, -0.05) is 42.1 Å². The second kappa shape index (κ2) is 9.23. The molecule has 1 aromatic heterocycles. The van der Waals surface area contributed by atoms with Gasteiger partial charge in [-0.25, -0.2) is 4.98 Å². The number of rotatable bonds is 5. The van der Waals surface area contributed by atoms with E-state index in [9.17, 15) is 4.79 Å². The molecule has 156 valence electrons. The van der Waals surface area contributed by atoms with Crippen molar-refractivity contribution in [3.05, 3.63) is 76.3 Å². The molecule has 0 radical (unpaired) electrons. The number of thioether (sulfide) groups is 1. The highest BCUT2D eigenvalue weighted by Crippen LogP contribution is 2.28. The summed E-state index contributed by atoms with van der Waals surface area (Å²) in [4.78, 5) is 22.3. The van der Waals surface area contributed by atoms with Crippen molar-refractivity contribution in [3.63, 3.8) is 0 Å². The minimum Gasteiger partial charge on any atom is -0.365 e. The number of hydrogen-bond acceptors (Lipinski definition) is 5. The molecule has 6 heteroatoms. The molecule has 30 heavy (non-hydrogen) atoms. The second-order valence-corrected chi connectivity index (χ2v) is 9.91. The van der Waals surface area contributed by atoms with Crippen LogP contribution in [0.25, 0.3) is 0 Å². The Hall–Kier alpha value is -2.31. The Morgan fingerprint density at radius 2 is 2.00 bits per heavy atom. The van der Waals surface area contributed by atoms with Gasteiger partial charge in [0.2, 0.25) is 0 Å². The lowest BCUT2D eigenvalue weighted by Crippen LogP contribution is -2.53. The standard InChI is InChI=1S/C24H27N3OS2/c1-17-7-6-9-21(13-17)27-12-11-26(14-19(27)3)23(28)22-10-5-4-8-20(22)16-30-24-25-18(2)15-29-24/h4-10,13,15,19H,11-12,14,16H2,1-3H3. The van der Waals surface area contributed by atoms with Gasteiger partial charge in [0, 0.05) is 53.8 Å². The lowest BCUT2D eigenvalue weighted by atomic mass is 10.1. The van der Waals surface area contributed by atoms with Gasteiger partial charge in [0.05, 0.1) is 0 Å². The first-order valence-electron chi connectivity index (χ1n) is 10.3. The van der Waals surface area contributed by atoms with Crippen LogP contribution in [0.3, 0.4) is 0 Å². The van der Waals surface area contributed by atoms with Gasteiger partial charge < -0.3 is 9.80 Å². The Morgan fingerprint density at radius 1 is 1.17 bits per heavy atom. The Labute approximate surface area is 186 Å².